The van der Waals surface area contributed by atoms with Gasteiger partial charge < -0.3 is 24.7 Å². The van der Waals surface area contributed by atoms with Gasteiger partial charge in [-0.3, -0.25) is 4.79 Å². The van der Waals surface area contributed by atoms with Crippen LogP contribution in [0.4, 0.5) is 0 Å². The summed E-state index contributed by atoms with van der Waals surface area (Å²) in [6, 6.07) is 14.0. The second kappa shape index (κ2) is 10.4. The number of nitrogens with zero attached hydrogens (tertiary/aromatic N) is 1. The average molecular weight is 466 g/mol. The van der Waals surface area contributed by atoms with E-state index >= 15 is 0 Å². The Bertz CT molecular complexity index is 1180. The molecule has 7 heteroatoms. The van der Waals surface area contributed by atoms with Gasteiger partial charge in [-0.25, -0.2) is 0 Å². The van der Waals surface area contributed by atoms with Gasteiger partial charge in [-0.15, -0.1) is 0 Å². The molecule has 2 aromatic carbocycles. The Balaban J connectivity index is 1.60. The van der Waals surface area contributed by atoms with Crippen molar-refractivity contribution < 1.29 is 9.47 Å². The molecule has 1 fully saturated rings. The molecule has 2 heterocycles. The van der Waals surface area contributed by atoms with Crippen molar-refractivity contribution in [1.29, 1.82) is 0 Å². The minimum absolute atomic E-state index is 0.0853. The zero-order valence-corrected chi connectivity index (χ0v) is 20.3. The van der Waals surface area contributed by atoms with Gasteiger partial charge in [0.25, 0.3) is 5.56 Å². The van der Waals surface area contributed by atoms with E-state index in [-0.39, 0.29) is 11.7 Å². The van der Waals surface area contributed by atoms with E-state index in [2.05, 4.69) is 23.3 Å². The molecule has 1 atom stereocenters. The quantitative estimate of drug-likeness (QED) is 0.510. The summed E-state index contributed by atoms with van der Waals surface area (Å²) in [6.45, 7) is 6.53. The van der Waals surface area contributed by atoms with E-state index in [0.717, 1.165) is 52.8 Å². The van der Waals surface area contributed by atoms with Crippen molar-refractivity contribution in [3.8, 4) is 5.75 Å². The molecule has 3 aromatic rings. The molecule has 174 valence electrons. The number of hydrogen-bond acceptors (Lipinski definition) is 4. The molecule has 4 rings (SSSR count). The van der Waals surface area contributed by atoms with Gasteiger partial charge in [-0.1, -0.05) is 24.3 Å². The molecule has 0 radical (unpaired) electrons. The zero-order valence-electron chi connectivity index (χ0n) is 19.4. The van der Waals surface area contributed by atoms with Crippen LogP contribution in [0.5, 0.6) is 5.75 Å². The van der Waals surface area contributed by atoms with E-state index in [1.165, 1.54) is 0 Å². The Labute approximate surface area is 199 Å². The number of nitrogens with one attached hydrogen (secondary N) is 2. The van der Waals surface area contributed by atoms with Gasteiger partial charge in [0.05, 0.1) is 25.3 Å². The number of hydrogen-bond donors (Lipinski definition) is 2. The summed E-state index contributed by atoms with van der Waals surface area (Å²) in [7, 11) is 1.65. The Morgan fingerprint density at radius 1 is 1.18 bits per heavy atom. The highest BCUT2D eigenvalue weighted by atomic mass is 32.1. The number of aromatic amines is 1. The van der Waals surface area contributed by atoms with Crippen LogP contribution in [0.1, 0.15) is 35.1 Å². The zero-order chi connectivity index (χ0) is 23.4. The summed E-state index contributed by atoms with van der Waals surface area (Å²) < 4.78 is 11.0. The second-order valence-electron chi connectivity index (χ2n) is 8.64. The van der Waals surface area contributed by atoms with Gasteiger partial charge in [0.2, 0.25) is 0 Å². The van der Waals surface area contributed by atoms with Crippen molar-refractivity contribution >= 4 is 28.2 Å². The van der Waals surface area contributed by atoms with E-state index in [1.807, 2.05) is 48.2 Å². The summed E-state index contributed by atoms with van der Waals surface area (Å²) in [5.74, 6) is 0.807. The Hall–Kier alpha value is -2.90. The molecule has 0 amide bonds. The Morgan fingerprint density at radius 3 is 2.64 bits per heavy atom. The van der Waals surface area contributed by atoms with Crippen LogP contribution in [0.2, 0.25) is 0 Å². The minimum atomic E-state index is -0.0853. The number of aromatic nitrogens is 1. The van der Waals surface area contributed by atoms with Crippen LogP contribution in [0.15, 0.2) is 47.3 Å². The number of H-pyrrole nitrogens is 1. The highest BCUT2D eigenvalue weighted by Crippen LogP contribution is 2.21. The highest BCUT2D eigenvalue weighted by molar-refractivity contribution is 7.80. The average Bonchev–Trinajstić information content (AvgIpc) is 3.34. The summed E-state index contributed by atoms with van der Waals surface area (Å²) in [6.07, 6.45) is 2.30. The van der Waals surface area contributed by atoms with Crippen LogP contribution in [0.25, 0.3) is 10.9 Å². The first-order valence-corrected chi connectivity index (χ1v) is 11.7. The van der Waals surface area contributed by atoms with Crippen LogP contribution in [-0.2, 0) is 17.8 Å². The lowest BCUT2D eigenvalue weighted by Gasteiger charge is -2.27. The molecule has 1 aliphatic rings. The van der Waals surface area contributed by atoms with E-state index in [9.17, 15) is 4.79 Å². The molecular weight excluding hydrogens is 434 g/mol. The number of pyridine rings is 1. The summed E-state index contributed by atoms with van der Waals surface area (Å²) in [5.41, 5.74) is 4.77. The third-order valence-electron chi connectivity index (χ3n) is 6.21. The van der Waals surface area contributed by atoms with Crippen LogP contribution in [-0.4, -0.2) is 41.4 Å². The van der Waals surface area contributed by atoms with Crippen molar-refractivity contribution in [3.63, 3.8) is 0 Å². The predicted molar refractivity (Wildman–Crippen MR) is 136 cm³/mol. The molecule has 0 saturated carbocycles. The molecule has 1 aliphatic heterocycles. The molecule has 0 unspecified atom stereocenters. The standard InChI is InChI=1S/C26H31N3O3S/c1-17-6-7-18(2)24-23(17)13-20(25(30)28-24)16-29(15-19-8-10-21(31-3)11-9-19)26(33)27-14-22-5-4-12-32-22/h6-11,13,22H,4-5,12,14-16H2,1-3H3,(H,27,33)(H,28,30)/t22-/m0/s1. The lowest BCUT2D eigenvalue weighted by atomic mass is 10.0. The molecule has 33 heavy (non-hydrogen) atoms. The van der Waals surface area contributed by atoms with Gasteiger partial charge in [0.15, 0.2) is 5.11 Å². The van der Waals surface area contributed by atoms with Crippen LogP contribution in [0.3, 0.4) is 0 Å². The maximum Gasteiger partial charge on any atom is 0.253 e. The highest BCUT2D eigenvalue weighted by Gasteiger charge is 2.19. The van der Waals surface area contributed by atoms with E-state index < -0.39 is 0 Å². The fourth-order valence-corrected chi connectivity index (χ4v) is 4.42. The first kappa shape index (κ1) is 23.3. The maximum atomic E-state index is 13.0. The van der Waals surface area contributed by atoms with Crippen molar-refractivity contribution in [2.75, 3.05) is 20.3 Å². The van der Waals surface area contributed by atoms with Crippen molar-refractivity contribution in [2.24, 2.45) is 0 Å². The normalized spacial score (nSPS) is 15.5. The first-order chi connectivity index (χ1) is 15.9. The van der Waals surface area contributed by atoms with Gasteiger partial charge in [0, 0.05) is 30.6 Å². The van der Waals surface area contributed by atoms with Crippen LogP contribution in [0, 0.1) is 13.8 Å². The summed E-state index contributed by atoms with van der Waals surface area (Å²) in [5, 5.41) is 5.04. The van der Waals surface area contributed by atoms with Gasteiger partial charge in [0.1, 0.15) is 5.75 Å². The topological polar surface area (TPSA) is 66.6 Å². The van der Waals surface area contributed by atoms with E-state index in [4.69, 9.17) is 21.7 Å². The molecule has 6 nitrogen and oxygen atoms in total. The number of ether oxygens (including phenoxy) is 2. The third-order valence-corrected chi connectivity index (χ3v) is 6.61. The first-order valence-electron chi connectivity index (χ1n) is 11.3. The fraction of sp³-hybridized carbons (Fsp3) is 0.385. The van der Waals surface area contributed by atoms with Crippen molar-refractivity contribution in [1.82, 2.24) is 15.2 Å². The molecule has 0 bridgehead atoms. The van der Waals surface area contributed by atoms with Gasteiger partial charge in [-0.2, -0.15) is 0 Å². The van der Waals surface area contributed by atoms with Gasteiger partial charge >= 0.3 is 0 Å². The summed E-state index contributed by atoms with van der Waals surface area (Å²) >= 11 is 5.77. The molecule has 0 aliphatic carbocycles. The lowest BCUT2D eigenvalue weighted by Crippen LogP contribution is -2.42. The Kier molecular flexibility index (Phi) is 7.30. The fourth-order valence-electron chi connectivity index (χ4n) is 4.21. The van der Waals surface area contributed by atoms with Gasteiger partial charge in [-0.05, 0) is 73.8 Å². The maximum absolute atomic E-state index is 13.0. The number of rotatable bonds is 7. The molecule has 1 aromatic heterocycles. The smallest absolute Gasteiger partial charge is 0.253 e. The second-order valence-corrected chi connectivity index (χ2v) is 9.02. The molecular formula is C26H31N3O3S. The molecule has 0 spiro atoms. The van der Waals surface area contributed by atoms with Crippen molar-refractivity contribution in [2.45, 2.75) is 45.9 Å². The van der Waals surface area contributed by atoms with Crippen molar-refractivity contribution in [3.05, 3.63) is 75.1 Å². The van der Waals surface area contributed by atoms with E-state index in [0.29, 0.717) is 30.3 Å². The SMILES string of the molecule is COc1ccc(CN(Cc2cc3c(C)ccc(C)c3[nH]c2=O)C(=S)NC[C@@H]2CCCO2)cc1. The number of fused-ring (bicyclic) bond motifs is 1. The molecule has 2 N–H and O–H groups in total. The predicted octanol–water partition coefficient (Wildman–Crippen LogP) is 4.21. The number of aryl methyl sites for hydroxylation is 2. The molecule has 1 saturated heterocycles. The monoisotopic (exact) mass is 465 g/mol. The number of benzene rings is 2. The van der Waals surface area contributed by atoms with E-state index in [1.54, 1.807) is 7.11 Å². The van der Waals surface area contributed by atoms with Crippen LogP contribution >= 0.6 is 12.2 Å². The Morgan fingerprint density at radius 2 is 1.94 bits per heavy atom. The number of thiocarbonyl (C=S) groups is 1. The third kappa shape index (κ3) is 5.54. The summed E-state index contributed by atoms with van der Waals surface area (Å²) in [4.78, 5) is 18.1. The minimum Gasteiger partial charge on any atom is -0.497 e. The lowest BCUT2D eigenvalue weighted by molar-refractivity contribution is 0.113. The number of methoxy groups -OCH3 is 1. The largest absolute Gasteiger partial charge is 0.497 e. The van der Waals surface area contributed by atoms with Crippen LogP contribution < -0.4 is 15.6 Å².